The largest absolute Gasteiger partial charge is 0.508 e. The zero-order valence-electron chi connectivity index (χ0n) is 21.4. The third kappa shape index (κ3) is 8.54. The summed E-state index contributed by atoms with van der Waals surface area (Å²) in [5, 5.41) is 23.7. The molecule has 0 aliphatic carbocycles. The number of aryl methyl sites for hydroxylation is 1. The van der Waals surface area contributed by atoms with Gasteiger partial charge in [-0.25, -0.2) is 9.19 Å². The first kappa shape index (κ1) is 29.1. The van der Waals surface area contributed by atoms with E-state index in [-0.39, 0.29) is 11.7 Å². The predicted octanol–water partition coefficient (Wildman–Crippen LogP) is 4.39. The van der Waals surface area contributed by atoms with Gasteiger partial charge in [-0.2, -0.15) is 0 Å². The molecule has 1 amide bonds. The van der Waals surface area contributed by atoms with Crippen LogP contribution in [-0.2, 0) is 20.6 Å². The van der Waals surface area contributed by atoms with Gasteiger partial charge in [-0.1, -0.05) is 11.3 Å². The molecule has 1 aromatic heterocycles. The van der Waals surface area contributed by atoms with E-state index < -0.39 is 17.0 Å². The summed E-state index contributed by atoms with van der Waals surface area (Å²) in [6, 6.07) is 11.8. The zero-order valence-corrected chi connectivity index (χ0v) is 23.1. The number of nitrogens with one attached hydrogen (secondary N) is 3. The number of phenolic OH excluding ortho intramolecular Hbond substituents is 1. The summed E-state index contributed by atoms with van der Waals surface area (Å²) in [5.74, 6) is 0.185. The van der Waals surface area contributed by atoms with Gasteiger partial charge in [0.15, 0.2) is 16.1 Å². The van der Waals surface area contributed by atoms with Crippen LogP contribution in [0.4, 0.5) is 10.8 Å². The lowest BCUT2D eigenvalue weighted by atomic mass is 9.94. The highest BCUT2D eigenvalue weighted by Crippen LogP contribution is 2.36. The van der Waals surface area contributed by atoms with Gasteiger partial charge < -0.3 is 30.3 Å². The topological polar surface area (TPSA) is 150 Å². The van der Waals surface area contributed by atoms with Crippen molar-refractivity contribution in [2.45, 2.75) is 38.0 Å². The number of piperidine rings is 1. The summed E-state index contributed by atoms with van der Waals surface area (Å²) in [6.07, 6.45) is 2.53. The number of hydrogen-bond acceptors (Lipinski definition) is 8. The number of hydrogen-bond donors (Lipinski definition) is 5. The Labute approximate surface area is 228 Å². The van der Waals surface area contributed by atoms with Crippen LogP contribution in [0.15, 0.2) is 47.4 Å². The van der Waals surface area contributed by atoms with E-state index in [1.165, 1.54) is 30.6 Å². The van der Waals surface area contributed by atoms with E-state index in [4.69, 9.17) is 14.6 Å². The summed E-state index contributed by atoms with van der Waals surface area (Å²) in [6.45, 7) is 4.90. The zero-order chi connectivity index (χ0) is 27.7. The summed E-state index contributed by atoms with van der Waals surface area (Å²) in [5.41, 5.74) is 2.23. The van der Waals surface area contributed by atoms with Crippen molar-refractivity contribution in [1.82, 2.24) is 10.3 Å². The maximum absolute atomic E-state index is 13.1. The average Bonchev–Trinajstić information content (AvgIpc) is 3.24. The van der Waals surface area contributed by atoms with Gasteiger partial charge in [-0.15, -0.1) is 0 Å². The Morgan fingerprint density at radius 2 is 1.84 bits per heavy atom. The summed E-state index contributed by atoms with van der Waals surface area (Å²) >= 11 is 1.40. The third-order valence-corrected chi connectivity index (χ3v) is 7.94. The summed E-state index contributed by atoms with van der Waals surface area (Å²) < 4.78 is 21.4. The van der Waals surface area contributed by atoms with Crippen LogP contribution in [0.1, 0.15) is 31.9 Å². The Bertz CT molecular complexity index is 1270. The number of rotatable bonds is 8. The minimum atomic E-state index is -1.60. The first-order chi connectivity index (χ1) is 18.2. The van der Waals surface area contributed by atoms with E-state index in [1.54, 1.807) is 18.2 Å². The van der Waals surface area contributed by atoms with Gasteiger partial charge in [-0.3, -0.25) is 9.59 Å². The Morgan fingerprint density at radius 3 is 2.47 bits per heavy atom. The van der Waals surface area contributed by atoms with Crippen LogP contribution < -0.4 is 20.1 Å². The van der Waals surface area contributed by atoms with Crippen molar-refractivity contribution < 1.29 is 28.7 Å². The lowest BCUT2D eigenvalue weighted by molar-refractivity contribution is -0.134. The number of carbonyl (C=O) groups is 2. The van der Waals surface area contributed by atoms with Crippen LogP contribution in [0.25, 0.3) is 10.4 Å². The number of ether oxygens (including phenoxy) is 1. The van der Waals surface area contributed by atoms with Gasteiger partial charge in [0.25, 0.3) is 5.97 Å². The normalized spacial score (nSPS) is 14.1. The SMILES string of the molecule is CC(=O)O.COc1ccc(-c2sc(NC(=O)CC3CCNCC3)nc2C)cc1S(=O)Nc1ccc(O)cc1. The summed E-state index contributed by atoms with van der Waals surface area (Å²) in [4.78, 5) is 27.4. The number of aromatic nitrogens is 1. The van der Waals surface area contributed by atoms with E-state index in [1.807, 2.05) is 19.1 Å². The van der Waals surface area contributed by atoms with Crippen LogP contribution >= 0.6 is 11.3 Å². The molecule has 0 saturated carbocycles. The number of nitrogens with zero attached hydrogens (tertiary/aromatic N) is 1. The number of benzene rings is 2. The second-order valence-corrected chi connectivity index (χ2v) is 10.9. The molecule has 2 heterocycles. The molecular formula is C26H32N4O6S2. The molecule has 204 valence electrons. The molecule has 0 radical (unpaired) electrons. The lowest BCUT2D eigenvalue weighted by Crippen LogP contribution is -2.30. The molecule has 0 bridgehead atoms. The molecule has 1 unspecified atom stereocenters. The smallest absolute Gasteiger partial charge is 0.300 e. The number of aromatic hydroxyl groups is 1. The minimum Gasteiger partial charge on any atom is -0.508 e. The standard InChI is InChI=1S/C24H28N4O4S2.C2H4O2/c1-15-23(33-24(26-15)27-22(30)13-16-9-11-25-12-10-16)17-3-8-20(32-2)21(14-17)34(31)28-18-4-6-19(29)7-5-18;1-2(3)4/h3-8,14,16,25,28-29H,9-13H2,1-2H3,(H,26,27,30);1H3,(H,3,4). The highest BCUT2D eigenvalue weighted by Gasteiger charge is 2.20. The molecule has 1 aliphatic rings. The maximum Gasteiger partial charge on any atom is 0.300 e. The quantitative estimate of drug-likeness (QED) is 0.255. The Kier molecular flexibility index (Phi) is 10.6. The molecule has 12 heteroatoms. The molecule has 1 fully saturated rings. The average molecular weight is 561 g/mol. The predicted molar refractivity (Wildman–Crippen MR) is 149 cm³/mol. The highest BCUT2D eigenvalue weighted by atomic mass is 32.2. The molecule has 1 atom stereocenters. The van der Waals surface area contributed by atoms with Crippen molar-refractivity contribution in [3.8, 4) is 21.9 Å². The number of thiazole rings is 1. The van der Waals surface area contributed by atoms with E-state index in [9.17, 15) is 14.1 Å². The fourth-order valence-electron chi connectivity index (χ4n) is 3.89. The first-order valence-corrected chi connectivity index (χ1v) is 14.0. The number of amides is 1. The van der Waals surface area contributed by atoms with Gasteiger partial charge in [0.05, 0.1) is 17.7 Å². The number of anilines is 2. The van der Waals surface area contributed by atoms with Crippen LogP contribution in [0.5, 0.6) is 11.5 Å². The molecule has 3 aromatic rings. The second-order valence-electron chi connectivity index (χ2n) is 8.68. The van der Waals surface area contributed by atoms with Gasteiger partial charge in [0.2, 0.25) is 5.91 Å². The Morgan fingerprint density at radius 1 is 1.18 bits per heavy atom. The monoisotopic (exact) mass is 560 g/mol. The van der Waals surface area contributed by atoms with Crippen LogP contribution in [0.2, 0.25) is 0 Å². The lowest BCUT2D eigenvalue weighted by Gasteiger charge is -2.21. The van der Waals surface area contributed by atoms with Crippen molar-refractivity contribution in [2.24, 2.45) is 5.92 Å². The number of carbonyl (C=O) groups excluding carboxylic acids is 1. The molecule has 2 aromatic carbocycles. The van der Waals surface area contributed by atoms with Crippen molar-refractivity contribution in [3.63, 3.8) is 0 Å². The van der Waals surface area contributed by atoms with Crippen LogP contribution in [0.3, 0.4) is 0 Å². The molecular weight excluding hydrogens is 528 g/mol. The fourth-order valence-corrected chi connectivity index (χ4v) is 5.90. The van der Waals surface area contributed by atoms with Crippen molar-refractivity contribution in [3.05, 3.63) is 48.2 Å². The first-order valence-electron chi connectivity index (χ1n) is 12.0. The van der Waals surface area contributed by atoms with E-state index in [2.05, 4.69) is 20.3 Å². The van der Waals surface area contributed by atoms with Crippen LogP contribution in [-0.4, -0.2) is 51.5 Å². The van der Waals surface area contributed by atoms with Crippen LogP contribution in [0, 0.1) is 12.8 Å². The molecule has 38 heavy (non-hydrogen) atoms. The van der Waals surface area contributed by atoms with Crippen molar-refractivity contribution in [2.75, 3.05) is 30.2 Å². The van der Waals surface area contributed by atoms with Gasteiger partial charge in [0.1, 0.15) is 16.4 Å². The third-order valence-electron chi connectivity index (χ3n) is 5.68. The number of carboxylic acids is 1. The van der Waals surface area contributed by atoms with Crippen molar-refractivity contribution in [1.29, 1.82) is 0 Å². The molecule has 5 N–H and O–H groups in total. The molecule has 10 nitrogen and oxygen atoms in total. The maximum atomic E-state index is 13.1. The molecule has 1 saturated heterocycles. The second kappa shape index (κ2) is 13.9. The molecule has 4 rings (SSSR count). The van der Waals surface area contributed by atoms with Gasteiger partial charge in [0, 0.05) is 19.0 Å². The van der Waals surface area contributed by atoms with E-state index in [0.717, 1.165) is 49.0 Å². The minimum absolute atomic E-state index is 0.0122. The van der Waals surface area contributed by atoms with E-state index >= 15 is 0 Å². The van der Waals surface area contributed by atoms with Gasteiger partial charge in [-0.05, 0) is 86.8 Å². The number of methoxy groups -OCH3 is 1. The van der Waals surface area contributed by atoms with Crippen molar-refractivity contribution >= 4 is 45.0 Å². The Hall–Kier alpha value is -3.48. The number of aliphatic carboxylic acids is 1. The summed E-state index contributed by atoms with van der Waals surface area (Å²) in [7, 11) is -0.0652. The molecule has 1 aliphatic heterocycles. The fraction of sp³-hybridized carbons (Fsp3) is 0.346. The Balaban J connectivity index is 0.000000934. The number of carboxylic acid groups (broad SMARTS) is 1. The number of phenols is 1. The van der Waals surface area contributed by atoms with Gasteiger partial charge >= 0.3 is 0 Å². The van der Waals surface area contributed by atoms with E-state index in [0.29, 0.717) is 33.8 Å². The molecule has 0 spiro atoms. The highest BCUT2D eigenvalue weighted by molar-refractivity contribution is 7.86.